The molecule has 1 aliphatic heterocycles. The van der Waals surface area contributed by atoms with Gasteiger partial charge in [0.1, 0.15) is 6.10 Å². The smallest absolute Gasteiger partial charge is 0.410 e. The second-order valence-electron chi connectivity index (χ2n) is 9.20. The molecule has 0 radical (unpaired) electrons. The van der Waals surface area contributed by atoms with Gasteiger partial charge in [-0.05, 0) is 61.1 Å². The molecule has 1 unspecified atom stereocenters. The molecule has 3 aromatic carbocycles. The maximum atomic E-state index is 12.4. The van der Waals surface area contributed by atoms with Crippen molar-refractivity contribution in [3.05, 3.63) is 94.5 Å². The lowest BCUT2D eigenvalue weighted by molar-refractivity contribution is 0.132. The van der Waals surface area contributed by atoms with Gasteiger partial charge in [-0.2, -0.15) is 0 Å². The van der Waals surface area contributed by atoms with E-state index in [0.717, 1.165) is 30.8 Å². The Balaban J connectivity index is 1.41. The molecule has 34 heavy (non-hydrogen) atoms. The molecule has 1 saturated heterocycles. The highest BCUT2D eigenvalue weighted by Gasteiger charge is 2.32. The molecular formula is C28H32ClN3O2. The number of cyclic esters (lactones) is 1. The van der Waals surface area contributed by atoms with Gasteiger partial charge >= 0.3 is 6.09 Å². The van der Waals surface area contributed by atoms with Crippen LogP contribution in [0.1, 0.15) is 22.8 Å². The molecule has 178 valence electrons. The Labute approximate surface area is 207 Å². The van der Waals surface area contributed by atoms with Crippen LogP contribution >= 0.6 is 11.6 Å². The molecular weight excluding hydrogens is 446 g/mol. The third-order valence-electron chi connectivity index (χ3n) is 6.15. The Morgan fingerprint density at radius 3 is 2.35 bits per heavy atom. The summed E-state index contributed by atoms with van der Waals surface area (Å²) in [5.74, 6) is 0. The van der Waals surface area contributed by atoms with Gasteiger partial charge in [-0.3, -0.25) is 4.90 Å². The second-order valence-corrected chi connectivity index (χ2v) is 9.64. The van der Waals surface area contributed by atoms with Crippen molar-refractivity contribution in [3.63, 3.8) is 0 Å². The van der Waals surface area contributed by atoms with E-state index in [1.54, 1.807) is 4.90 Å². The zero-order valence-corrected chi connectivity index (χ0v) is 20.8. The summed E-state index contributed by atoms with van der Waals surface area (Å²) in [5.41, 5.74) is 5.78. The fourth-order valence-corrected chi connectivity index (χ4v) is 4.30. The van der Waals surface area contributed by atoms with Crippen molar-refractivity contribution < 1.29 is 9.53 Å². The van der Waals surface area contributed by atoms with E-state index in [4.69, 9.17) is 16.3 Å². The van der Waals surface area contributed by atoms with E-state index >= 15 is 0 Å². The topological polar surface area (TPSA) is 36.0 Å². The summed E-state index contributed by atoms with van der Waals surface area (Å²) in [6, 6.07) is 24.5. The predicted molar refractivity (Wildman–Crippen MR) is 138 cm³/mol. The largest absolute Gasteiger partial charge is 0.439 e. The fraction of sp³-hybridized carbons (Fsp3) is 0.321. The van der Waals surface area contributed by atoms with E-state index in [0.29, 0.717) is 18.1 Å². The second kappa shape index (κ2) is 11.0. The van der Waals surface area contributed by atoms with E-state index in [1.807, 2.05) is 24.3 Å². The van der Waals surface area contributed by atoms with Crippen molar-refractivity contribution in [3.8, 4) is 11.1 Å². The normalized spacial score (nSPS) is 15.9. The zero-order chi connectivity index (χ0) is 24.1. The number of hydrogen-bond acceptors (Lipinski definition) is 4. The van der Waals surface area contributed by atoms with E-state index in [1.165, 1.54) is 16.7 Å². The van der Waals surface area contributed by atoms with Crippen LogP contribution in [0.15, 0.2) is 72.8 Å². The molecule has 1 atom stereocenters. The molecule has 5 nitrogen and oxygen atoms in total. The summed E-state index contributed by atoms with van der Waals surface area (Å²) >= 11 is 5.98. The van der Waals surface area contributed by atoms with Crippen LogP contribution in [0.3, 0.4) is 0 Å². The molecule has 0 bridgehead atoms. The molecule has 0 aliphatic carbocycles. The zero-order valence-electron chi connectivity index (χ0n) is 20.1. The first-order chi connectivity index (χ1) is 16.4. The maximum absolute atomic E-state index is 12.4. The summed E-state index contributed by atoms with van der Waals surface area (Å²) in [6.45, 7) is 4.01. The predicted octanol–water partition coefficient (Wildman–Crippen LogP) is 5.69. The molecule has 0 saturated carbocycles. The van der Waals surface area contributed by atoms with Crippen molar-refractivity contribution >= 4 is 17.7 Å². The van der Waals surface area contributed by atoms with Crippen molar-refractivity contribution in [1.29, 1.82) is 0 Å². The molecule has 3 aromatic rings. The van der Waals surface area contributed by atoms with Crippen LogP contribution in [0.25, 0.3) is 11.1 Å². The summed E-state index contributed by atoms with van der Waals surface area (Å²) < 4.78 is 5.59. The third-order valence-corrected chi connectivity index (χ3v) is 6.41. The quantitative estimate of drug-likeness (QED) is 0.396. The Bertz CT molecular complexity index is 1100. The van der Waals surface area contributed by atoms with Crippen molar-refractivity contribution in [2.24, 2.45) is 0 Å². The average molecular weight is 478 g/mol. The third kappa shape index (κ3) is 6.17. The minimum absolute atomic E-state index is 0.264. The van der Waals surface area contributed by atoms with Crippen LogP contribution in [-0.4, -0.2) is 61.6 Å². The van der Waals surface area contributed by atoms with Crippen LogP contribution in [0, 0.1) is 0 Å². The van der Waals surface area contributed by atoms with Crippen LogP contribution in [-0.2, 0) is 17.8 Å². The Morgan fingerprint density at radius 2 is 1.65 bits per heavy atom. The first-order valence-corrected chi connectivity index (χ1v) is 12.0. The van der Waals surface area contributed by atoms with E-state index < -0.39 is 0 Å². The standard InChI is InChI=1S/C28H32ClN3O2/c1-30(2)16-17-31(3)19-24-6-4-5-7-26(24)22-10-8-21(9-11-22)18-32-20-27(34-28(32)33)23-12-14-25(29)15-13-23/h4-15,27H,16-20H2,1-3H3. The maximum Gasteiger partial charge on any atom is 0.410 e. The molecule has 4 rings (SSSR count). The van der Waals surface area contributed by atoms with Crippen LogP contribution < -0.4 is 0 Å². The minimum atomic E-state index is -0.282. The summed E-state index contributed by atoms with van der Waals surface area (Å²) in [7, 11) is 6.36. The number of rotatable bonds is 9. The van der Waals surface area contributed by atoms with Gasteiger partial charge in [0.25, 0.3) is 0 Å². The van der Waals surface area contributed by atoms with Gasteiger partial charge in [-0.25, -0.2) is 4.79 Å². The highest BCUT2D eigenvalue weighted by molar-refractivity contribution is 6.30. The van der Waals surface area contributed by atoms with Gasteiger partial charge in [-0.1, -0.05) is 72.3 Å². The number of ether oxygens (including phenoxy) is 1. The van der Waals surface area contributed by atoms with Gasteiger partial charge in [-0.15, -0.1) is 0 Å². The number of halogens is 1. The molecule has 1 heterocycles. The lowest BCUT2D eigenvalue weighted by atomic mass is 9.98. The van der Waals surface area contributed by atoms with Gasteiger partial charge in [0.2, 0.25) is 0 Å². The van der Waals surface area contributed by atoms with Crippen molar-refractivity contribution in [2.45, 2.75) is 19.2 Å². The number of carbonyl (C=O) groups is 1. The lowest BCUT2D eigenvalue weighted by Gasteiger charge is -2.21. The van der Waals surface area contributed by atoms with Crippen molar-refractivity contribution in [1.82, 2.24) is 14.7 Å². The monoisotopic (exact) mass is 477 g/mol. The van der Waals surface area contributed by atoms with Crippen LogP contribution in [0.5, 0.6) is 0 Å². The molecule has 1 aliphatic rings. The van der Waals surface area contributed by atoms with Crippen LogP contribution in [0.4, 0.5) is 4.79 Å². The Morgan fingerprint density at radius 1 is 0.941 bits per heavy atom. The number of nitrogens with zero attached hydrogens (tertiary/aromatic N) is 3. The van der Waals surface area contributed by atoms with Crippen molar-refractivity contribution in [2.75, 3.05) is 40.8 Å². The first kappa shape index (κ1) is 24.3. The molecule has 1 fully saturated rings. The molecule has 0 spiro atoms. The van der Waals surface area contributed by atoms with E-state index in [-0.39, 0.29) is 12.2 Å². The molecule has 0 N–H and O–H groups in total. The summed E-state index contributed by atoms with van der Waals surface area (Å²) in [5, 5.41) is 0.673. The van der Waals surface area contributed by atoms with Gasteiger partial charge in [0.15, 0.2) is 0 Å². The molecule has 1 amide bonds. The van der Waals surface area contributed by atoms with E-state index in [2.05, 4.69) is 79.5 Å². The SMILES string of the molecule is CN(C)CCN(C)Cc1ccccc1-c1ccc(CN2CC(c3ccc(Cl)cc3)OC2=O)cc1. The number of likely N-dealkylation sites (N-methyl/N-ethyl adjacent to an activating group) is 2. The molecule has 6 heteroatoms. The Kier molecular flexibility index (Phi) is 7.88. The summed E-state index contributed by atoms with van der Waals surface area (Å²) in [4.78, 5) is 18.7. The first-order valence-electron chi connectivity index (χ1n) is 11.6. The Hall–Kier alpha value is -2.86. The highest BCUT2D eigenvalue weighted by Crippen LogP contribution is 2.29. The van der Waals surface area contributed by atoms with Crippen LogP contribution in [0.2, 0.25) is 5.02 Å². The fourth-order valence-electron chi connectivity index (χ4n) is 4.18. The lowest BCUT2D eigenvalue weighted by Crippen LogP contribution is -2.28. The average Bonchev–Trinajstić information content (AvgIpc) is 3.19. The minimum Gasteiger partial charge on any atom is -0.439 e. The number of hydrogen-bond donors (Lipinski definition) is 0. The highest BCUT2D eigenvalue weighted by atomic mass is 35.5. The molecule has 0 aromatic heterocycles. The summed E-state index contributed by atoms with van der Waals surface area (Å²) in [6.07, 6.45) is -0.546. The number of amides is 1. The van der Waals surface area contributed by atoms with E-state index in [9.17, 15) is 4.79 Å². The number of carbonyl (C=O) groups excluding carboxylic acids is 1. The number of benzene rings is 3. The van der Waals surface area contributed by atoms with Gasteiger partial charge in [0.05, 0.1) is 6.54 Å². The van der Waals surface area contributed by atoms with Gasteiger partial charge < -0.3 is 14.5 Å². The van der Waals surface area contributed by atoms with Gasteiger partial charge in [0, 0.05) is 31.2 Å².